The number of methoxy groups -OCH3 is 1. The SMILES string of the molecule is COc1ncccc1Nc1nc(N2CCOCC2)c2c(n1)n(C1CCOCC1)c(=O)n2COCC[Si](C)(C)C. The van der Waals surface area contributed by atoms with Gasteiger partial charge in [0.05, 0.1) is 20.3 Å². The summed E-state index contributed by atoms with van der Waals surface area (Å²) in [4.78, 5) is 30.3. The molecule has 2 fully saturated rings. The summed E-state index contributed by atoms with van der Waals surface area (Å²) in [6.07, 6.45) is 3.15. The second kappa shape index (κ2) is 12.0. The lowest BCUT2D eigenvalue weighted by Gasteiger charge is -2.29. The Morgan fingerprint density at radius 2 is 1.85 bits per heavy atom. The molecule has 3 aromatic heterocycles. The number of hydrogen-bond donors (Lipinski definition) is 1. The largest absolute Gasteiger partial charge is 0.480 e. The quantitative estimate of drug-likeness (QED) is 0.294. The molecule has 12 nitrogen and oxygen atoms in total. The van der Waals surface area contributed by atoms with Gasteiger partial charge in [0, 0.05) is 53.2 Å². The molecule has 5 heterocycles. The molecule has 3 aromatic rings. The Bertz CT molecular complexity index is 1330. The number of nitrogens with zero attached hydrogens (tertiary/aromatic N) is 6. The number of nitrogens with one attached hydrogen (secondary N) is 1. The zero-order valence-electron chi connectivity index (χ0n) is 23.3. The van der Waals surface area contributed by atoms with Crippen LogP contribution >= 0.6 is 0 Å². The van der Waals surface area contributed by atoms with Crippen molar-refractivity contribution >= 4 is 36.7 Å². The first-order valence-electron chi connectivity index (χ1n) is 13.6. The molecule has 0 aromatic carbocycles. The van der Waals surface area contributed by atoms with Crippen molar-refractivity contribution in [2.45, 2.75) is 51.3 Å². The lowest BCUT2D eigenvalue weighted by Crippen LogP contribution is -2.37. The first-order chi connectivity index (χ1) is 18.9. The highest BCUT2D eigenvalue weighted by Gasteiger charge is 2.29. The first kappa shape index (κ1) is 27.6. The van der Waals surface area contributed by atoms with Crippen LogP contribution < -0.4 is 20.6 Å². The predicted molar refractivity (Wildman–Crippen MR) is 152 cm³/mol. The second-order valence-electron chi connectivity index (χ2n) is 11.1. The van der Waals surface area contributed by atoms with Crippen LogP contribution in [-0.4, -0.2) is 85.4 Å². The van der Waals surface area contributed by atoms with Gasteiger partial charge in [-0.25, -0.2) is 9.78 Å². The van der Waals surface area contributed by atoms with Crippen molar-refractivity contribution in [2.24, 2.45) is 0 Å². The van der Waals surface area contributed by atoms with E-state index >= 15 is 0 Å². The molecular weight excluding hydrogens is 518 g/mol. The second-order valence-corrected chi connectivity index (χ2v) is 16.7. The van der Waals surface area contributed by atoms with E-state index in [1.807, 2.05) is 16.7 Å². The van der Waals surface area contributed by atoms with E-state index in [9.17, 15) is 4.79 Å². The zero-order valence-corrected chi connectivity index (χ0v) is 24.3. The fourth-order valence-electron chi connectivity index (χ4n) is 4.90. The summed E-state index contributed by atoms with van der Waals surface area (Å²) in [5.41, 5.74) is 1.78. The molecule has 0 aliphatic carbocycles. The van der Waals surface area contributed by atoms with Crippen molar-refractivity contribution in [1.29, 1.82) is 0 Å². The number of rotatable bonds is 10. The molecule has 1 N–H and O–H groups in total. The van der Waals surface area contributed by atoms with Gasteiger partial charge in [-0.2, -0.15) is 9.97 Å². The topological polar surface area (TPSA) is 118 Å². The molecule has 0 amide bonds. The number of ether oxygens (including phenoxy) is 4. The molecule has 2 aliphatic heterocycles. The van der Waals surface area contributed by atoms with Gasteiger partial charge in [-0.3, -0.25) is 9.13 Å². The van der Waals surface area contributed by atoms with Gasteiger partial charge in [0.25, 0.3) is 0 Å². The van der Waals surface area contributed by atoms with E-state index in [-0.39, 0.29) is 18.5 Å². The Labute approximate surface area is 229 Å². The lowest BCUT2D eigenvalue weighted by atomic mass is 10.1. The van der Waals surface area contributed by atoms with Crippen molar-refractivity contribution in [3.63, 3.8) is 0 Å². The Morgan fingerprint density at radius 1 is 1.10 bits per heavy atom. The summed E-state index contributed by atoms with van der Waals surface area (Å²) >= 11 is 0. The molecule has 39 heavy (non-hydrogen) atoms. The summed E-state index contributed by atoms with van der Waals surface area (Å²) in [7, 11) is 0.295. The molecule has 2 saturated heterocycles. The van der Waals surface area contributed by atoms with Crippen molar-refractivity contribution in [3.8, 4) is 5.88 Å². The van der Waals surface area contributed by atoms with E-state index in [1.54, 1.807) is 17.9 Å². The van der Waals surface area contributed by atoms with Crippen LogP contribution in [0.5, 0.6) is 5.88 Å². The standard InChI is InChI=1S/C26H39N7O5Si/c1-35-24-20(6-5-9-27-24)28-25-29-22(31-10-14-37-15-11-31)21-23(30-25)33(19-7-12-36-13-8-19)26(34)32(21)18-38-16-17-39(2,3)4/h5-6,9,19H,7-8,10-18H2,1-4H3,(H,28,29,30). The van der Waals surface area contributed by atoms with Crippen molar-refractivity contribution < 1.29 is 18.9 Å². The zero-order chi connectivity index (χ0) is 27.4. The third kappa shape index (κ3) is 6.26. The molecular formula is C26H39N7O5Si. The van der Waals surface area contributed by atoms with Gasteiger partial charge in [0.2, 0.25) is 11.8 Å². The van der Waals surface area contributed by atoms with Gasteiger partial charge in [-0.05, 0) is 31.0 Å². The molecule has 5 rings (SSSR count). The van der Waals surface area contributed by atoms with Crippen LogP contribution in [0.15, 0.2) is 23.1 Å². The van der Waals surface area contributed by atoms with Crippen molar-refractivity contribution in [1.82, 2.24) is 24.1 Å². The van der Waals surface area contributed by atoms with Gasteiger partial charge in [-0.15, -0.1) is 0 Å². The maximum absolute atomic E-state index is 14.0. The average molecular weight is 558 g/mol. The molecule has 2 aliphatic rings. The lowest BCUT2D eigenvalue weighted by molar-refractivity contribution is 0.0669. The minimum Gasteiger partial charge on any atom is -0.480 e. The summed E-state index contributed by atoms with van der Waals surface area (Å²) in [6.45, 7) is 11.4. The van der Waals surface area contributed by atoms with Gasteiger partial charge >= 0.3 is 5.69 Å². The number of morpholine rings is 1. The molecule has 0 radical (unpaired) electrons. The number of pyridine rings is 1. The van der Waals surface area contributed by atoms with Gasteiger partial charge < -0.3 is 29.2 Å². The molecule has 0 spiro atoms. The summed E-state index contributed by atoms with van der Waals surface area (Å²) in [6, 6.07) is 4.68. The molecule has 0 bridgehead atoms. The fourth-order valence-corrected chi connectivity index (χ4v) is 5.66. The van der Waals surface area contributed by atoms with Crippen LogP contribution in [0.1, 0.15) is 18.9 Å². The van der Waals surface area contributed by atoms with Crippen molar-refractivity contribution in [2.75, 3.05) is 63.5 Å². The third-order valence-corrected chi connectivity index (χ3v) is 8.78. The van der Waals surface area contributed by atoms with E-state index in [0.717, 1.165) is 18.9 Å². The van der Waals surface area contributed by atoms with E-state index in [0.29, 0.717) is 80.6 Å². The van der Waals surface area contributed by atoms with E-state index < -0.39 is 8.07 Å². The highest BCUT2D eigenvalue weighted by atomic mass is 28.3. The van der Waals surface area contributed by atoms with Crippen LogP contribution in [0, 0.1) is 0 Å². The van der Waals surface area contributed by atoms with Crippen LogP contribution in [0.25, 0.3) is 11.2 Å². The molecule has 0 unspecified atom stereocenters. The molecule has 0 atom stereocenters. The maximum atomic E-state index is 14.0. The van der Waals surface area contributed by atoms with E-state index in [2.05, 4.69) is 34.8 Å². The van der Waals surface area contributed by atoms with Crippen molar-refractivity contribution in [3.05, 3.63) is 28.8 Å². The van der Waals surface area contributed by atoms with Gasteiger partial charge in [-0.1, -0.05) is 19.6 Å². The Kier molecular flexibility index (Phi) is 8.50. The molecule has 212 valence electrons. The van der Waals surface area contributed by atoms with Crippen LogP contribution in [0.2, 0.25) is 25.7 Å². The Morgan fingerprint density at radius 3 is 2.56 bits per heavy atom. The average Bonchev–Trinajstić information content (AvgIpc) is 3.22. The predicted octanol–water partition coefficient (Wildman–Crippen LogP) is 3.24. The number of hydrogen-bond acceptors (Lipinski definition) is 10. The van der Waals surface area contributed by atoms with E-state index in [1.165, 1.54) is 0 Å². The Balaban J connectivity index is 1.63. The number of fused-ring (bicyclic) bond motifs is 1. The third-order valence-electron chi connectivity index (χ3n) is 7.08. The van der Waals surface area contributed by atoms with Crippen LogP contribution in [0.4, 0.5) is 17.5 Å². The monoisotopic (exact) mass is 557 g/mol. The van der Waals surface area contributed by atoms with Crippen LogP contribution in [-0.2, 0) is 20.9 Å². The summed E-state index contributed by atoms with van der Waals surface area (Å²) < 4.78 is 26.3. The van der Waals surface area contributed by atoms with Gasteiger partial charge in [0.15, 0.2) is 11.5 Å². The Hall–Kier alpha value is -3.00. The highest BCUT2D eigenvalue weighted by Crippen LogP contribution is 2.32. The maximum Gasteiger partial charge on any atom is 0.332 e. The molecule has 13 heteroatoms. The minimum absolute atomic E-state index is 0.0230. The first-order valence-corrected chi connectivity index (χ1v) is 17.3. The number of imidazole rings is 1. The summed E-state index contributed by atoms with van der Waals surface area (Å²) in [5, 5.41) is 3.28. The number of anilines is 3. The highest BCUT2D eigenvalue weighted by molar-refractivity contribution is 6.76. The number of aromatic nitrogens is 5. The smallest absolute Gasteiger partial charge is 0.332 e. The van der Waals surface area contributed by atoms with Crippen LogP contribution in [0.3, 0.4) is 0 Å². The molecule has 0 saturated carbocycles. The summed E-state index contributed by atoms with van der Waals surface area (Å²) in [5.74, 6) is 1.49. The minimum atomic E-state index is -1.28. The fraction of sp³-hybridized carbons (Fsp3) is 0.615. The van der Waals surface area contributed by atoms with E-state index in [4.69, 9.17) is 28.9 Å². The van der Waals surface area contributed by atoms with Gasteiger partial charge in [0.1, 0.15) is 17.9 Å². The normalized spacial score (nSPS) is 17.1.